The summed E-state index contributed by atoms with van der Waals surface area (Å²) in [6, 6.07) is 3.72. The summed E-state index contributed by atoms with van der Waals surface area (Å²) in [6.45, 7) is 1.37. The van der Waals surface area contributed by atoms with Crippen LogP contribution in [0.3, 0.4) is 0 Å². The third-order valence-electron chi connectivity index (χ3n) is 2.09. The van der Waals surface area contributed by atoms with Gasteiger partial charge in [0.15, 0.2) is 0 Å². The predicted octanol–water partition coefficient (Wildman–Crippen LogP) is 1.78. The smallest absolute Gasteiger partial charge is 0.224 e. The summed E-state index contributed by atoms with van der Waals surface area (Å²) in [7, 11) is 0. The molecule has 2 heterocycles. The fraction of sp³-hybridized carbons (Fsp3) is 0.444. The zero-order chi connectivity index (χ0) is 9.26. The highest BCUT2D eigenvalue weighted by molar-refractivity contribution is 9.09. The molecule has 4 heteroatoms. The maximum absolute atomic E-state index is 11.4. The molecule has 1 aromatic heterocycles. The first-order valence-electron chi connectivity index (χ1n) is 4.20. The fourth-order valence-corrected chi connectivity index (χ4v) is 2.09. The summed E-state index contributed by atoms with van der Waals surface area (Å²) in [5, 5.41) is 0. The van der Waals surface area contributed by atoms with Crippen LogP contribution in [-0.2, 0) is 11.3 Å². The molecule has 2 rings (SSSR count). The molecule has 1 unspecified atom stereocenters. The molecule has 0 radical (unpaired) electrons. The lowest BCUT2D eigenvalue weighted by Crippen LogP contribution is -2.24. The van der Waals surface area contributed by atoms with E-state index in [1.54, 1.807) is 11.2 Å². The van der Waals surface area contributed by atoms with Crippen molar-refractivity contribution in [2.75, 3.05) is 6.54 Å². The van der Waals surface area contributed by atoms with Gasteiger partial charge in [-0.2, -0.15) is 0 Å². The second-order valence-electron chi connectivity index (χ2n) is 3.16. The van der Waals surface area contributed by atoms with Gasteiger partial charge in [0.2, 0.25) is 5.91 Å². The Kier molecular flexibility index (Phi) is 2.40. The van der Waals surface area contributed by atoms with Gasteiger partial charge in [-0.15, -0.1) is 0 Å². The molecule has 13 heavy (non-hydrogen) atoms. The normalized spacial score (nSPS) is 22.7. The molecular weight excluding hydrogens is 234 g/mol. The standard InChI is InChI=1S/C9H10BrNO2/c10-7-4-9(12)11(5-7)6-8-2-1-3-13-8/h1-3,7H,4-6H2. The third-order valence-corrected chi connectivity index (χ3v) is 2.71. The third kappa shape index (κ3) is 1.94. The van der Waals surface area contributed by atoms with E-state index in [4.69, 9.17) is 4.42 Å². The van der Waals surface area contributed by atoms with Gasteiger partial charge in [-0.1, -0.05) is 15.9 Å². The van der Waals surface area contributed by atoms with Crippen molar-refractivity contribution in [1.82, 2.24) is 4.90 Å². The number of hydrogen-bond acceptors (Lipinski definition) is 2. The molecule has 1 aliphatic rings. The number of rotatable bonds is 2. The molecule has 0 aliphatic carbocycles. The molecule has 1 atom stereocenters. The number of alkyl halides is 1. The predicted molar refractivity (Wildman–Crippen MR) is 51.5 cm³/mol. The lowest BCUT2D eigenvalue weighted by Gasteiger charge is -2.13. The minimum absolute atomic E-state index is 0.193. The summed E-state index contributed by atoms with van der Waals surface area (Å²) in [6.07, 6.45) is 2.22. The van der Waals surface area contributed by atoms with Crippen molar-refractivity contribution in [3.05, 3.63) is 24.2 Å². The number of hydrogen-bond donors (Lipinski definition) is 0. The highest BCUT2D eigenvalue weighted by Gasteiger charge is 2.27. The first kappa shape index (κ1) is 8.81. The van der Waals surface area contributed by atoms with Gasteiger partial charge >= 0.3 is 0 Å². The molecule has 1 amide bonds. The van der Waals surface area contributed by atoms with Crippen LogP contribution in [0.15, 0.2) is 22.8 Å². The van der Waals surface area contributed by atoms with Crippen LogP contribution in [0.2, 0.25) is 0 Å². The zero-order valence-corrected chi connectivity index (χ0v) is 8.66. The van der Waals surface area contributed by atoms with Crippen molar-refractivity contribution in [3.63, 3.8) is 0 Å². The van der Waals surface area contributed by atoms with E-state index in [0.29, 0.717) is 17.8 Å². The van der Waals surface area contributed by atoms with Gasteiger partial charge in [0.1, 0.15) is 5.76 Å². The Morgan fingerprint density at radius 3 is 3.08 bits per heavy atom. The highest BCUT2D eigenvalue weighted by Crippen LogP contribution is 2.20. The molecule has 0 N–H and O–H groups in total. The minimum atomic E-state index is 0.193. The van der Waals surface area contributed by atoms with Gasteiger partial charge < -0.3 is 9.32 Å². The molecule has 1 aliphatic heterocycles. The first-order chi connectivity index (χ1) is 6.25. The molecule has 1 aromatic rings. The number of nitrogens with zero attached hydrogens (tertiary/aromatic N) is 1. The van der Waals surface area contributed by atoms with E-state index in [0.717, 1.165) is 12.3 Å². The number of amides is 1. The van der Waals surface area contributed by atoms with Crippen LogP contribution >= 0.6 is 15.9 Å². The van der Waals surface area contributed by atoms with Crippen LogP contribution in [-0.4, -0.2) is 22.2 Å². The summed E-state index contributed by atoms with van der Waals surface area (Å²) in [5.74, 6) is 1.04. The quantitative estimate of drug-likeness (QED) is 0.743. The van der Waals surface area contributed by atoms with E-state index in [2.05, 4.69) is 15.9 Å². The van der Waals surface area contributed by atoms with Crippen LogP contribution in [0.5, 0.6) is 0 Å². The number of carbonyl (C=O) groups excluding carboxylic acids is 1. The van der Waals surface area contributed by atoms with Gasteiger partial charge in [0.25, 0.3) is 0 Å². The second kappa shape index (κ2) is 3.54. The maximum atomic E-state index is 11.4. The Labute approximate surface area is 84.8 Å². The lowest BCUT2D eigenvalue weighted by molar-refractivity contribution is -0.128. The van der Waals surface area contributed by atoms with E-state index < -0.39 is 0 Å². The summed E-state index contributed by atoms with van der Waals surface area (Å²) < 4.78 is 5.17. The Morgan fingerprint density at radius 2 is 2.54 bits per heavy atom. The molecule has 1 saturated heterocycles. The number of carbonyl (C=O) groups is 1. The SMILES string of the molecule is O=C1CC(Br)CN1Cc1ccco1. The van der Waals surface area contributed by atoms with E-state index in [-0.39, 0.29) is 5.91 Å². The van der Waals surface area contributed by atoms with Gasteiger partial charge in [0.05, 0.1) is 12.8 Å². The van der Waals surface area contributed by atoms with Crippen LogP contribution in [0.25, 0.3) is 0 Å². The maximum Gasteiger partial charge on any atom is 0.224 e. The van der Waals surface area contributed by atoms with E-state index >= 15 is 0 Å². The van der Waals surface area contributed by atoms with Crippen molar-refractivity contribution in [2.24, 2.45) is 0 Å². The Balaban J connectivity index is 1.99. The Morgan fingerprint density at radius 1 is 1.69 bits per heavy atom. The lowest BCUT2D eigenvalue weighted by atomic mass is 10.4. The van der Waals surface area contributed by atoms with E-state index in [9.17, 15) is 4.79 Å². The number of halogens is 1. The fourth-order valence-electron chi connectivity index (χ4n) is 1.47. The molecule has 0 spiro atoms. The Hall–Kier alpha value is -0.770. The topological polar surface area (TPSA) is 33.5 Å². The highest BCUT2D eigenvalue weighted by atomic mass is 79.9. The van der Waals surface area contributed by atoms with E-state index in [1.165, 1.54) is 0 Å². The molecule has 0 saturated carbocycles. The van der Waals surface area contributed by atoms with Crippen LogP contribution in [0.4, 0.5) is 0 Å². The van der Waals surface area contributed by atoms with E-state index in [1.807, 2.05) is 12.1 Å². The van der Waals surface area contributed by atoms with Gasteiger partial charge in [0, 0.05) is 17.8 Å². The molecular formula is C9H10BrNO2. The Bertz CT molecular complexity index is 297. The van der Waals surface area contributed by atoms with Gasteiger partial charge in [-0.3, -0.25) is 4.79 Å². The summed E-state index contributed by atoms with van der Waals surface area (Å²) >= 11 is 3.43. The van der Waals surface area contributed by atoms with Crippen LogP contribution < -0.4 is 0 Å². The zero-order valence-electron chi connectivity index (χ0n) is 7.07. The molecule has 3 nitrogen and oxygen atoms in total. The van der Waals surface area contributed by atoms with Crippen molar-refractivity contribution >= 4 is 21.8 Å². The van der Waals surface area contributed by atoms with Crippen molar-refractivity contribution in [1.29, 1.82) is 0 Å². The molecule has 70 valence electrons. The minimum Gasteiger partial charge on any atom is -0.467 e. The molecule has 0 bridgehead atoms. The van der Waals surface area contributed by atoms with Crippen molar-refractivity contribution in [2.45, 2.75) is 17.8 Å². The first-order valence-corrected chi connectivity index (χ1v) is 5.11. The van der Waals surface area contributed by atoms with Gasteiger partial charge in [-0.05, 0) is 12.1 Å². The number of furan rings is 1. The van der Waals surface area contributed by atoms with Crippen molar-refractivity contribution < 1.29 is 9.21 Å². The van der Waals surface area contributed by atoms with Crippen LogP contribution in [0.1, 0.15) is 12.2 Å². The average Bonchev–Trinajstić information content (AvgIpc) is 2.63. The second-order valence-corrected chi connectivity index (χ2v) is 4.45. The number of likely N-dealkylation sites (tertiary alicyclic amines) is 1. The largest absolute Gasteiger partial charge is 0.467 e. The monoisotopic (exact) mass is 243 g/mol. The summed E-state index contributed by atoms with van der Waals surface area (Å²) in [5.41, 5.74) is 0. The average molecular weight is 244 g/mol. The molecule has 1 fully saturated rings. The van der Waals surface area contributed by atoms with Crippen LogP contribution in [0, 0.1) is 0 Å². The molecule has 0 aromatic carbocycles. The van der Waals surface area contributed by atoms with Gasteiger partial charge in [-0.25, -0.2) is 0 Å². The summed E-state index contributed by atoms with van der Waals surface area (Å²) in [4.78, 5) is 13.5. The van der Waals surface area contributed by atoms with Crippen molar-refractivity contribution in [3.8, 4) is 0 Å².